The average Bonchev–Trinajstić information content (AvgIpc) is 3.21. The van der Waals surface area contributed by atoms with Gasteiger partial charge >= 0.3 is 149 Å². The van der Waals surface area contributed by atoms with E-state index in [-0.39, 0.29) is 31.5 Å². The number of allylic oxidation sites excluding steroid dienone is 3. The summed E-state index contributed by atoms with van der Waals surface area (Å²) in [6.07, 6.45) is 12.1. The molecule has 0 amide bonds. The van der Waals surface area contributed by atoms with E-state index in [4.69, 9.17) is 0 Å². The Hall–Kier alpha value is -0.660. The Kier molecular flexibility index (Phi) is 7.70. The van der Waals surface area contributed by atoms with Crippen LogP contribution >= 0.6 is 0 Å². The van der Waals surface area contributed by atoms with E-state index in [1.807, 2.05) is 0 Å². The number of halogens is 2. The predicted molar refractivity (Wildman–Crippen MR) is 99.8 cm³/mol. The molecule has 2 unspecified atom stereocenters. The molecule has 0 aliphatic heterocycles. The fraction of sp³-hybridized carbons (Fsp3) is 0.143. The Morgan fingerprint density at radius 2 is 1.28 bits per heavy atom. The summed E-state index contributed by atoms with van der Waals surface area (Å²) >= 11 is -1.65. The van der Waals surface area contributed by atoms with Crippen molar-refractivity contribution in [1.29, 1.82) is 0 Å². The molecule has 0 heterocycles. The van der Waals surface area contributed by atoms with Crippen molar-refractivity contribution in [3.05, 3.63) is 94.7 Å². The van der Waals surface area contributed by atoms with Gasteiger partial charge in [0.05, 0.1) is 0 Å². The molecule has 0 saturated heterocycles. The van der Waals surface area contributed by atoms with Crippen LogP contribution in [0.1, 0.15) is 36.4 Å². The first-order chi connectivity index (χ1) is 11.4. The molecule has 0 radical (unpaired) electrons. The minimum atomic E-state index is -1.65. The summed E-state index contributed by atoms with van der Waals surface area (Å²) < 4.78 is 1.52. The second kappa shape index (κ2) is 9.33. The van der Waals surface area contributed by atoms with Gasteiger partial charge in [-0.2, -0.15) is 0 Å². The molecule has 25 heavy (non-hydrogen) atoms. The van der Waals surface area contributed by atoms with E-state index in [0.717, 1.165) is 7.25 Å². The molecule has 0 spiro atoms. The summed E-state index contributed by atoms with van der Waals surface area (Å²) in [4.78, 5) is 0. The molecule has 2 atom stereocenters. The maximum absolute atomic E-state index is 2.55. The third kappa shape index (κ3) is 4.03. The standard InChI is InChI=1S/2C9H7.C3H7Si.2ClH.Zr/c2*1-2-5-9-7-3-6-8(9)4-1;1-2-3-4;;;/h2*1-7H;2-3H,4H2,1H3;2*1H;/q;;;;;+2/p-2. The number of hydrogen-bond donors (Lipinski definition) is 0. The van der Waals surface area contributed by atoms with Crippen LogP contribution in [0.5, 0.6) is 0 Å². The molecule has 2 aromatic rings. The summed E-state index contributed by atoms with van der Waals surface area (Å²) in [5.74, 6) is 0. The maximum atomic E-state index is 2.55. The average molecular weight is 464 g/mol. The molecule has 2 aliphatic rings. The van der Waals surface area contributed by atoms with Crippen LogP contribution in [0, 0.1) is 0 Å². The van der Waals surface area contributed by atoms with Crippen LogP contribution in [-0.2, 0) is 20.9 Å². The number of benzene rings is 2. The van der Waals surface area contributed by atoms with Crippen molar-refractivity contribution in [2.24, 2.45) is 0 Å². The van der Waals surface area contributed by atoms with Crippen molar-refractivity contribution in [2.75, 3.05) is 0 Å². The monoisotopic (exact) mass is 461 g/mol. The molecule has 0 aromatic heterocycles. The molecule has 0 N–H and O–H groups in total. The van der Waals surface area contributed by atoms with Crippen molar-refractivity contribution in [3.63, 3.8) is 0 Å². The van der Waals surface area contributed by atoms with Crippen LogP contribution in [0.25, 0.3) is 12.2 Å². The normalized spacial score (nSPS) is 19.7. The summed E-state index contributed by atoms with van der Waals surface area (Å²) in [7, 11) is 0. The Balaban J connectivity index is 0.00000113. The zero-order valence-corrected chi connectivity index (χ0v) is 19.6. The summed E-state index contributed by atoms with van der Waals surface area (Å²) in [5.41, 5.74) is 8.69. The number of hydrogen-bond acceptors (Lipinski definition) is 0. The second-order valence-electron chi connectivity index (χ2n) is 6.28. The molecule has 4 heteroatoms. The zero-order valence-electron chi connectivity index (χ0n) is 14.2. The first-order valence-corrected chi connectivity index (χ1v) is 18.0. The first-order valence-electron chi connectivity index (χ1n) is 8.39. The molecule has 4 rings (SSSR count). The van der Waals surface area contributed by atoms with Gasteiger partial charge in [-0.15, -0.1) is 0 Å². The third-order valence-electron chi connectivity index (χ3n) is 4.99. The first kappa shape index (κ1) is 20.6. The van der Waals surface area contributed by atoms with Gasteiger partial charge in [0.15, 0.2) is 0 Å². The van der Waals surface area contributed by atoms with Crippen LogP contribution in [-0.4, -0.2) is 6.65 Å². The van der Waals surface area contributed by atoms with Gasteiger partial charge in [-0.3, -0.25) is 0 Å². The summed E-state index contributed by atoms with van der Waals surface area (Å²) in [6.45, 7) is 2.09. The smallest absolute Gasteiger partial charge is 1.00 e. The zero-order chi connectivity index (χ0) is 15.6. The summed E-state index contributed by atoms with van der Waals surface area (Å²) in [5, 5.41) is 0. The third-order valence-corrected chi connectivity index (χ3v) is 23.0. The van der Waals surface area contributed by atoms with Gasteiger partial charge in [0, 0.05) is 0 Å². The van der Waals surface area contributed by atoms with E-state index in [9.17, 15) is 0 Å². The Morgan fingerprint density at radius 1 is 0.800 bits per heavy atom. The Bertz CT molecular complexity index is 752. The van der Waals surface area contributed by atoms with Crippen LogP contribution in [0.4, 0.5) is 0 Å². The topological polar surface area (TPSA) is 0 Å². The number of fused-ring (bicyclic) bond motifs is 2. The van der Waals surface area contributed by atoms with Gasteiger partial charge in [0.25, 0.3) is 0 Å². The van der Waals surface area contributed by atoms with Gasteiger partial charge in [0.2, 0.25) is 0 Å². The van der Waals surface area contributed by atoms with E-state index >= 15 is 0 Å². The van der Waals surface area contributed by atoms with Crippen LogP contribution in [0.3, 0.4) is 0 Å². The molecule has 2 aliphatic carbocycles. The Morgan fingerprint density at radius 3 is 1.76 bits per heavy atom. The molecule has 0 bridgehead atoms. The largest absolute Gasteiger partial charge is 1.00 e. The maximum Gasteiger partial charge on any atom is -1.00 e. The molecular formula is C21H21Cl2SiZr. The van der Waals surface area contributed by atoms with Crippen molar-refractivity contribution in [2.45, 2.75) is 14.2 Å². The Labute approximate surface area is 172 Å². The van der Waals surface area contributed by atoms with Gasteiger partial charge < -0.3 is 24.8 Å². The second-order valence-corrected chi connectivity index (χ2v) is 20.9. The molecule has 2 aromatic carbocycles. The van der Waals surface area contributed by atoms with E-state index in [0.29, 0.717) is 0 Å². The molecule has 0 nitrogen and oxygen atoms in total. The van der Waals surface area contributed by atoms with Crippen LogP contribution < -0.4 is 24.8 Å². The van der Waals surface area contributed by atoms with E-state index in [1.165, 1.54) is 11.1 Å². The van der Waals surface area contributed by atoms with Crippen LogP contribution in [0.2, 0.25) is 0 Å². The molecular weight excluding hydrogens is 442 g/mol. The van der Waals surface area contributed by atoms with Crippen molar-refractivity contribution in [1.82, 2.24) is 0 Å². The van der Waals surface area contributed by atoms with Crippen molar-refractivity contribution in [3.8, 4) is 0 Å². The quantitative estimate of drug-likeness (QED) is 0.498. The van der Waals surface area contributed by atoms with Crippen LogP contribution in [0.15, 0.2) is 72.5 Å². The molecule has 0 fully saturated rings. The predicted octanol–water partition coefficient (Wildman–Crippen LogP) is -1.23. The minimum Gasteiger partial charge on any atom is -1.00 e. The van der Waals surface area contributed by atoms with Gasteiger partial charge in [-0.1, -0.05) is 0 Å². The van der Waals surface area contributed by atoms with Gasteiger partial charge in [0.1, 0.15) is 0 Å². The minimum absolute atomic E-state index is 0. The van der Waals surface area contributed by atoms with E-state index in [2.05, 4.69) is 91.5 Å². The molecule has 0 saturated carbocycles. The molecule has 127 valence electrons. The fourth-order valence-corrected chi connectivity index (χ4v) is 22.5. The fourth-order valence-electron chi connectivity index (χ4n) is 3.85. The summed E-state index contributed by atoms with van der Waals surface area (Å²) in [6, 6.07) is 18.1. The SMILES string of the molecule is CC=C[SiH2][Zr+2]([CH]1C=Cc2ccccc21)[CH]1C=Cc2ccccc21.[Cl-].[Cl-]. The van der Waals surface area contributed by atoms with E-state index < -0.39 is 20.9 Å². The van der Waals surface area contributed by atoms with E-state index in [1.54, 1.807) is 11.1 Å². The van der Waals surface area contributed by atoms with Gasteiger partial charge in [-0.25, -0.2) is 0 Å². The number of rotatable bonds is 4. The van der Waals surface area contributed by atoms with Crippen molar-refractivity contribution >= 4 is 18.8 Å². The van der Waals surface area contributed by atoms with Crippen molar-refractivity contribution < 1.29 is 45.7 Å². The van der Waals surface area contributed by atoms with Gasteiger partial charge in [-0.05, 0) is 0 Å².